The smallest absolute Gasteiger partial charge is 0.262 e. The number of hydrogen-bond acceptors (Lipinski definition) is 5. The number of anilines is 1. The lowest BCUT2D eigenvalue weighted by Gasteiger charge is -2.34. The third-order valence-corrected chi connectivity index (χ3v) is 7.40. The fourth-order valence-electron chi connectivity index (χ4n) is 4.15. The Balaban J connectivity index is 1.51. The number of hydrogen-bond donors (Lipinski definition) is 1. The van der Waals surface area contributed by atoms with Gasteiger partial charge in [0.15, 0.2) is 6.29 Å². The summed E-state index contributed by atoms with van der Waals surface area (Å²) in [6.45, 7) is 6.03. The minimum Gasteiger partial charge on any atom is -0.350 e. The quantitative estimate of drug-likeness (QED) is 0.765. The summed E-state index contributed by atoms with van der Waals surface area (Å²) in [5, 5.41) is 0. The molecule has 4 rings (SSSR count). The van der Waals surface area contributed by atoms with Gasteiger partial charge in [-0.2, -0.15) is 0 Å². The van der Waals surface area contributed by atoms with E-state index in [1.807, 2.05) is 13.0 Å². The van der Waals surface area contributed by atoms with Crippen LogP contribution in [0, 0.1) is 19.8 Å². The van der Waals surface area contributed by atoms with E-state index < -0.39 is 10.0 Å². The summed E-state index contributed by atoms with van der Waals surface area (Å²) in [5.41, 5.74) is 2.15. The minimum atomic E-state index is -3.83. The van der Waals surface area contributed by atoms with Crippen LogP contribution in [0.3, 0.4) is 0 Å². The summed E-state index contributed by atoms with van der Waals surface area (Å²) in [6, 6.07) is 12.1. The molecule has 1 amide bonds. The zero-order valence-electron chi connectivity index (χ0n) is 17.8. The van der Waals surface area contributed by atoms with Crippen LogP contribution in [0.15, 0.2) is 47.4 Å². The Kier molecular flexibility index (Phi) is 6.31. The minimum absolute atomic E-state index is 0.172. The van der Waals surface area contributed by atoms with Gasteiger partial charge in [0, 0.05) is 19.0 Å². The molecule has 2 aromatic rings. The first-order valence-corrected chi connectivity index (χ1v) is 12.0. The van der Waals surface area contributed by atoms with Crippen molar-refractivity contribution in [3.8, 4) is 0 Å². The third-order valence-electron chi connectivity index (χ3n) is 5.89. The van der Waals surface area contributed by atoms with E-state index in [0.29, 0.717) is 37.4 Å². The molecule has 2 fully saturated rings. The van der Waals surface area contributed by atoms with E-state index in [-0.39, 0.29) is 28.7 Å². The van der Waals surface area contributed by atoms with Crippen molar-refractivity contribution < 1.29 is 22.7 Å². The molecule has 2 aliphatic heterocycles. The van der Waals surface area contributed by atoms with Gasteiger partial charge in [-0.05, 0) is 56.0 Å². The Hall–Kier alpha value is -2.42. The summed E-state index contributed by atoms with van der Waals surface area (Å²) in [6.07, 6.45) is 1.42. The van der Waals surface area contributed by atoms with E-state index in [9.17, 15) is 13.2 Å². The Morgan fingerprint density at radius 3 is 2.42 bits per heavy atom. The van der Waals surface area contributed by atoms with E-state index >= 15 is 0 Å². The zero-order chi connectivity index (χ0) is 22.0. The van der Waals surface area contributed by atoms with Crippen molar-refractivity contribution in [3.63, 3.8) is 0 Å². The molecule has 7 nitrogen and oxygen atoms in total. The largest absolute Gasteiger partial charge is 0.350 e. The van der Waals surface area contributed by atoms with Crippen LogP contribution < -0.4 is 4.72 Å². The van der Waals surface area contributed by atoms with Gasteiger partial charge in [0.1, 0.15) is 0 Å². The first-order chi connectivity index (χ1) is 14.8. The number of sulfonamides is 1. The summed E-state index contributed by atoms with van der Waals surface area (Å²) < 4.78 is 39.9. The highest BCUT2D eigenvalue weighted by Crippen LogP contribution is 2.28. The molecular weight excluding hydrogens is 416 g/mol. The Bertz CT molecular complexity index is 1060. The van der Waals surface area contributed by atoms with Crippen LogP contribution >= 0.6 is 0 Å². The topological polar surface area (TPSA) is 84.9 Å². The maximum atomic E-state index is 13.2. The van der Waals surface area contributed by atoms with Gasteiger partial charge < -0.3 is 14.4 Å². The molecule has 0 atom stereocenters. The molecule has 166 valence electrons. The number of nitrogens with one attached hydrogen (secondary N) is 1. The van der Waals surface area contributed by atoms with Crippen molar-refractivity contribution in [2.45, 2.75) is 37.9 Å². The number of rotatable bonds is 5. The predicted octanol–water partition coefficient (Wildman–Crippen LogP) is 3.33. The Morgan fingerprint density at radius 1 is 1.03 bits per heavy atom. The first kappa shape index (κ1) is 21.8. The molecule has 8 heteroatoms. The number of likely N-dealkylation sites (tertiary alicyclic amines) is 1. The van der Waals surface area contributed by atoms with Crippen molar-refractivity contribution in [2.75, 3.05) is 31.0 Å². The number of amides is 1. The van der Waals surface area contributed by atoms with Gasteiger partial charge in [0.2, 0.25) is 0 Å². The monoisotopic (exact) mass is 444 g/mol. The summed E-state index contributed by atoms with van der Waals surface area (Å²) in [7, 11) is -3.83. The molecular formula is C23H28N2O5S. The van der Waals surface area contributed by atoms with E-state index in [0.717, 1.165) is 18.4 Å². The first-order valence-electron chi connectivity index (χ1n) is 10.6. The molecule has 0 aliphatic carbocycles. The van der Waals surface area contributed by atoms with Crippen LogP contribution in [0.2, 0.25) is 0 Å². The molecule has 2 aliphatic rings. The average molecular weight is 445 g/mol. The lowest BCUT2D eigenvalue weighted by molar-refractivity contribution is -0.0956. The molecule has 0 aromatic heterocycles. The van der Waals surface area contributed by atoms with Crippen LogP contribution in [0.5, 0.6) is 0 Å². The fraction of sp³-hybridized carbons (Fsp3) is 0.435. The molecule has 0 unspecified atom stereocenters. The van der Waals surface area contributed by atoms with Gasteiger partial charge >= 0.3 is 0 Å². The van der Waals surface area contributed by atoms with Crippen LogP contribution in [0.25, 0.3) is 0 Å². The lowest BCUT2D eigenvalue weighted by Crippen LogP contribution is -2.41. The third kappa shape index (κ3) is 4.76. The average Bonchev–Trinajstić information content (AvgIpc) is 3.30. The number of aryl methyl sites for hydroxylation is 2. The van der Waals surface area contributed by atoms with Crippen molar-refractivity contribution in [2.24, 2.45) is 5.92 Å². The second kappa shape index (κ2) is 8.98. The lowest BCUT2D eigenvalue weighted by atomic mass is 9.95. The van der Waals surface area contributed by atoms with Gasteiger partial charge in [-0.3, -0.25) is 9.52 Å². The summed E-state index contributed by atoms with van der Waals surface area (Å²) >= 11 is 0. The molecule has 31 heavy (non-hydrogen) atoms. The van der Waals surface area contributed by atoms with Gasteiger partial charge in [-0.1, -0.05) is 24.3 Å². The van der Waals surface area contributed by atoms with E-state index in [4.69, 9.17) is 9.47 Å². The van der Waals surface area contributed by atoms with Crippen molar-refractivity contribution in [1.82, 2.24) is 4.90 Å². The summed E-state index contributed by atoms with van der Waals surface area (Å²) in [5.74, 6) is 0.107. The van der Waals surface area contributed by atoms with Crippen molar-refractivity contribution >= 4 is 21.6 Å². The van der Waals surface area contributed by atoms with Crippen LogP contribution in [0.4, 0.5) is 5.69 Å². The van der Waals surface area contributed by atoms with Crippen molar-refractivity contribution in [1.29, 1.82) is 0 Å². The number of nitrogens with zero attached hydrogens (tertiary/aromatic N) is 1. The molecule has 0 spiro atoms. The number of ether oxygens (including phenoxy) is 2. The highest BCUT2D eigenvalue weighted by molar-refractivity contribution is 7.92. The van der Waals surface area contributed by atoms with Gasteiger partial charge in [0.05, 0.1) is 29.4 Å². The van der Waals surface area contributed by atoms with Crippen LogP contribution in [-0.2, 0) is 19.5 Å². The SMILES string of the molecule is Cc1ccc(C)c(S(=O)(=O)Nc2ccccc2C(=O)N2CCC(C3OCCO3)CC2)c1. The summed E-state index contributed by atoms with van der Waals surface area (Å²) in [4.78, 5) is 15.2. The van der Waals surface area contributed by atoms with Crippen molar-refractivity contribution in [3.05, 3.63) is 59.2 Å². The highest BCUT2D eigenvalue weighted by atomic mass is 32.2. The maximum Gasteiger partial charge on any atom is 0.262 e. The van der Waals surface area contributed by atoms with Gasteiger partial charge in [-0.25, -0.2) is 8.42 Å². The number of para-hydroxylation sites is 1. The molecule has 0 saturated carbocycles. The molecule has 0 radical (unpaired) electrons. The number of carbonyl (C=O) groups is 1. The predicted molar refractivity (Wildman–Crippen MR) is 117 cm³/mol. The zero-order valence-corrected chi connectivity index (χ0v) is 18.7. The van der Waals surface area contributed by atoms with E-state index in [1.165, 1.54) is 0 Å². The van der Waals surface area contributed by atoms with E-state index in [1.54, 1.807) is 48.2 Å². The molecule has 2 aromatic carbocycles. The second-order valence-electron chi connectivity index (χ2n) is 8.16. The van der Waals surface area contributed by atoms with Gasteiger partial charge in [0.25, 0.3) is 15.9 Å². The molecule has 2 heterocycles. The number of piperidine rings is 1. The molecule has 1 N–H and O–H groups in total. The van der Waals surface area contributed by atoms with E-state index in [2.05, 4.69) is 4.72 Å². The standard InChI is InChI=1S/C23H28N2O5S/c1-16-7-8-17(2)21(15-16)31(27,28)24-20-6-4-3-5-19(20)22(26)25-11-9-18(10-12-25)23-29-13-14-30-23/h3-8,15,18,23-24H,9-14H2,1-2H3. The normalized spacial score (nSPS) is 18.3. The number of carbonyl (C=O) groups excluding carboxylic acids is 1. The van der Waals surface area contributed by atoms with Gasteiger partial charge in [-0.15, -0.1) is 0 Å². The number of benzene rings is 2. The molecule has 2 saturated heterocycles. The second-order valence-corrected chi connectivity index (χ2v) is 9.81. The Morgan fingerprint density at radius 2 is 1.71 bits per heavy atom. The van der Waals surface area contributed by atoms with Crippen LogP contribution in [0.1, 0.15) is 34.3 Å². The fourth-order valence-corrected chi connectivity index (χ4v) is 5.56. The highest BCUT2D eigenvalue weighted by Gasteiger charge is 2.32. The van der Waals surface area contributed by atoms with Crippen LogP contribution in [-0.4, -0.2) is 51.8 Å². The molecule has 0 bridgehead atoms. The maximum absolute atomic E-state index is 13.2. The Labute approximate surface area is 183 Å².